The average Bonchev–Trinajstić information content (AvgIpc) is 3.03. The molecule has 130 valence electrons. The van der Waals surface area contributed by atoms with Crippen molar-refractivity contribution in [1.29, 1.82) is 0 Å². The summed E-state index contributed by atoms with van der Waals surface area (Å²) in [6, 6.07) is 7.02. The smallest absolute Gasteiger partial charge is 0.223 e. The van der Waals surface area contributed by atoms with Crippen LogP contribution in [0.4, 0.5) is 14.7 Å². The molecule has 0 spiro atoms. The molecule has 6 nitrogen and oxygen atoms in total. The number of fused-ring (bicyclic) bond motifs is 1. The zero-order valence-corrected chi connectivity index (χ0v) is 14.0. The molecule has 0 bridgehead atoms. The third kappa shape index (κ3) is 2.55. The summed E-state index contributed by atoms with van der Waals surface area (Å²) in [5, 5.41) is 4.07. The van der Waals surface area contributed by atoms with Gasteiger partial charge in [0.05, 0.1) is 11.3 Å². The maximum absolute atomic E-state index is 14.5. The predicted octanol–water partition coefficient (Wildman–Crippen LogP) is 3.33. The van der Waals surface area contributed by atoms with Crippen molar-refractivity contribution in [3.05, 3.63) is 59.7 Å². The highest BCUT2D eigenvalue weighted by molar-refractivity contribution is 5.90. The minimum absolute atomic E-state index is 0.0578. The number of benzene rings is 1. The number of hydrogen-bond acceptors (Lipinski definition) is 5. The monoisotopic (exact) mass is 352 g/mol. The molecule has 3 heterocycles. The average molecular weight is 352 g/mol. The molecule has 26 heavy (non-hydrogen) atoms. The minimum atomic E-state index is -0.732. The number of nitrogen functional groups attached to an aromatic ring is 1. The Morgan fingerprint density at radius 2 is 1.73 bits per heavy atom. The number of aryl methyl sites for hydroxylation is 2. The van der Waals surface area contributed by atoms with Crippen LogP contribution in [0.2, 0.25) is 0 Å². The van der Waals surface area contributed by atoms with Crippen LogP contribution in [0.25, 0.3) is 28.0 Å². The summed E-state index contributed by atoms with van der Waals surface area (Å²) in [6.07, 6.45) is 1.35. The Bertz CT molecular complexity index is 1130. The molecule has 0 aliphatic rings. The van der Waals surface area contributed by atoms with E-state index in [9.17, 15) is 8.78 Å². The Morgan fingerprint density at radius 1 is 1.00 bits per heavy atom. The molecule has 0 unspecified atom stereocenters. The first-order chi connectivity index (χ1) is 12.4. The summed E-state index contributed by atoms with van der Waals surface area (Å²) in [4.78, 5) is 13.0. The topological polar surface area (TPSA) is 82.0 Å². The summed E-state index contributed by atoms with van der Waals surface area (Å²) < 4.78 is 29.2. The fraction of sp³-hybridized carbons (Fsp3) is 0.111. The lowest BCUT2D eigenvalue weighted by Crippen LogP contribution is -2.06. The first-order valence-corrected chi connectivity index (χ1v) is 7.84. The number of halogens is 2. The van der Waals surface area contributed by atoms with E-state index in [1.807, 2.05) is 26.0 Å². The number of hydrogen-bond donors (Lipinski definition) is 1. The molecule has 4 aromatic rings. The van der Waals surface area contributed by atoms with E-state index >= 15 is 0 Å². The van der Waals surface area contributed by atoms with E-state index in [2.05, 4.69) is 20.1 Å². The molecule has 1 aromatic carbocycles. The summed E-state index contributed by atoms with van der Waals surface area (Å²) in [5.74, 6) is -1.34. The van der Waals surface area contributed by atoms with E-state index in [0.717, 1.165) is 23.0 Å². The number of nitrogens with zero attached hydrogens (tertiary/aromatic N) is 5. The number of anilines is 1. The molecule has 0 radical (unpaired) electrons. The molecule has 2 N–H and O–H groups in total. The SMILES string of the molecule is Cc1cc(-c2c(-c3ccc(F)cc3F)nc(N)n3ncnc23)cc(C)n1. The van der Waals surface area contributed by atoms with Gasteiger partial charge in [-0.15, -0.1) is 0 Å². The van der Waals surface area contributed by atoms with Gasteiger partial charge >= 0.3 is 0 Å². The Labute approximate surface area is 147 Å². The van der Waals surface area contributed by atoms with Crippen molar-refractivity contribution in [2.75, 3.05) is 5.73 Å². The predicted molar refractivity (Wildman–Crippen MR) is 93.3 cm³/mol. The Hall–Kier alpha value is -3.42. The Balaban J connectivity index is 2.13. The number of rotatable bonds is 2. The summed E-state index contributed by atoms with van der Waals surface area (Å²) in [6.45, 7) is 3.72. The van der Waals surface area contributed by atoms with Gasteiger partial charge in [-0.3, -0.25) is 4.98 Å². The van der Waals surface area contributed by atoms with E-state index in [1.165, 1.54) is 23.0 Å². The molecule has 0 saturated carbocycles. The van der Waals surface area contributed by atoms with Gasteiger partial charge in [0.15, 0.2) is 5.65 Å². The van der Waals surface area contributed by atoms with Crippen LogP contribution < -0.4 is 5.73 Å². The maximum atomic E-state index is 14.5. The van der Waals surface area contributed by atoms with Crippen LogP contribution in [0, 0.1) is 25.5 Å². The molecular formula is C18H14F2N6. The van der Waals surface area contributed by atoms with Crippen LogP contribution in [0.1, 0.15) is 11.4 Å². The first kappa shape index (κ1) is 16.1. The van der Waals surface area contributed by atoms with Gasteiger partial charge in [-0.2, -0.15) is 9.61 Å². The highest BCUT2D eigenvalue weighted by Gasteiger charge is 2.21. The van der Waals surface area contributed by atoms with Gasteiger partial charge in [0.2, 0.25) is 5.95 Å². The van der Waals surface area contributed by atoms with Crippen molar-refractivity contribution in [3.63, 3.8) is 0 Å². The second-order valence-electron chi connectivity index (χ2n) is 5.95. The fourth-order valence-corrected chi connectivity index (χ4v) is 3.02. The Morgan fingerprint density at radius 3 is 2.42 bits per heavy atom. The largest absolute Gasteiger partial charge is 0.368 e. The van der Waals surface area contributed by atoms with Crippen molar-refractivity contribution >= 4 is 11.6 Å². The van der Waals surface area contributed by atoms with Gasteiger partial charge in [0.1, 0.15) is 18.0 Å². The van der Waals surface area contributed by atoms with Crippen LogP contribution >= 0.6 is 0 Å². The van der Waals surface area contributed by atoms with Gasteiger partial charge in [0, 0.05) is 23.0 Å². The zero-order valence-electron chi connectivity index (χ0n) is 14.0. The van der Waals surface area contributed by atoms with E-state index < -0.39 is 11.6 Å². The van der Waals surface area contributed by atoms with Crippen LogP contribution in [-0.4, -0.2) is 24.6 Å². The summed E-state index contributed by atoms with van der Waals surface area (Å²) >= 11 is 0. The molecular weight excluding hydrogens is 338 g/mol. The lowest BCUT2D eigenvalue weighted by atomic mass is 9.99. The quantitative estimate of drug-likeness (QED) is 0.598. The van der Waals surface area contributed by atoms with Gasteiger partial charge < -0.3 is 5.73 Å². The lowest BCUT2D eigenvalue weighted by Gasteiger charge is -2.13. The third-order valence-electron chi connectivity index (χ3n) is 4.01. The van der Waals surface area contributed by atoms with E-state index in [4.69, 9.17) is 5.73 Å². The maximum Gasteiger partial charge on any atom is 0.223 e. The summed E-state index contributed by atoms with van der Waals surface area (Å²) in [7, 11) is 0. The van der Waals surface area contributed by atoms with E-state index in [1.54, 1.807) is 0 Å². The number of aromatic nitrogens is 5. The van der Waals surface area contributed by atoms with Crippen LogP contribution in [0.15, 0.2) is 36.7 Å². The third-order valence-corrected chi connectivity index (χ3v) is 4.01. The van der Waals surface area contributed by atoms with E-state index in [-0.39, 0.29) is 17.2 Å². The fourth-order valence-electron chi connectivity index (χ4n) is 3.02. The number of nitrogens with two attached hydrogens (primary N) is 1. The van der Waals surface area contributed by atoms with Gasteiger partial charge in [0.25, 0.3) is 0 Å². The van der Waals surface area contributed by atoms with Crippen LogP contribution in [-0.2, 0) is 0 Å². The second-order valence-corrected chi connectivity index (χ2v) is 5.95. The molecule has 3 aromatic heterocycles. The number of pyridine rings is 1. The molecule has 4 rings (SSSR count). The standard InChI is InChI=1S/C18H14F2N6/c1-9-5-11(6-10(2)24-9)15-16(13-4-3-12(19)7-14(13)20)25-18(21)26-17(15)22-8-23-26/h3-8H,1-2H3,(H2,21,25). The normalized spacial score (nSPS) is 11.2. The molecule has 0 aliphatic heterocycles. The van der Waals surface area contributed by atoms with Crippen molar-refractivity contribution < 1.29 is 8.78 Å². The van der Waals surface area contributed by atoms with Gasteiger partial charge in [-0.1, -0.05) is 0 Å². The highest BCUT2D eigenvalue weighted by Crippen LogP contribution is 2.36. The Kier molecular flexibility index (Phi) is 3.61. The molecule has 0 saturated heterocycles. The zero-order chi connectivity index (χ0) is 18.4. The first-order valence-electron chi connectivity index (χ1n) is 7.84. The van der Waals surface area contributed by atoms with Gasteiger partial charge in [-0.25, -0.2) is 18.7 Å². The molecule has 0 atom stereocenters. The lowest BCUT2D eigenvalue weighted by molar-refractivity contribution is 0.585. The van der Waals surface area contributed by atoms with Crippen molar-refractivity contribution in [3.8, 4) is 22.4 Å². The molecule has 0 aliphatic carbocycles. The van der Waals surface area contributed by atoms with Crippen molar-refractivity contribution in [2.24, 2.45) is 0 Å². The van der Waals surface area contributed by atoms with Crippen LogP contribution in [0.5, 0.6) is 0 Å². The van der Waals surface area contributed by atoms with Crippen molar-refractivity contribution in [2.45, 2.75) is 13.8 Å². The van der Waals surface area contributed by atoms with Gasteiger partial charge in [-0.05, 0) is 43.7 Å². The minimum Gasteiger partial charge on any atom is -0.368 e. The van der Waals surface area contributed by atoms with Crippen LogP contribution in [0.3, 0.4) is 0 Å². The molecule has 0 fully saturated rings. The molecule has 0 amide bonds. The second kappa shape index (κ2) is 5.83. The summed E-state index contributed by atoms with van der Waals surface area (Å²) in [5.41, 5.74) is 9.68. The highest BCUT2D eigenvalue weighted by atomic mass is 19.1. The molecule has 8 heteroatoms. The van der Waals surface area contributed by atoms with E-state index in [0.29, 0.717) is 11.2 Å². The van der Waals surface area contributed by atoms with Crippen molar-refractivity contribution in [1.82, 2.24) is 24.6 Å².